The highest BCUT2D eigenvalue weighted by Crippen LogP contribution is 2.16. The third-order valence-electron chi connectivity index (χ3n) is 4.65. The van der Waals surface area contributed by atoms with Crippen LogP contribution < -0.4 is 5.32 Å². The lowest BCUT2D eigenvalue weighted by atomic mass is 10.0. The molecule has 0 aliphatic carbocycles. The lowest BCUT2D eigenvalue weighted by Crippen LogP contribution is -2.48. The van der Waals surface area contributed by atoms with E-state index in [0.717, 1.165) is 23.1 Å². The van der Waals surface area contributed by atoms with Gasteiger partial charge < -0.3 is 10.2 Å². The molecule has 0 bridgehead atoms. The lowest BCUT2D eigenvalue weighted by Gasteiger charge is -2.29. The summed E-state index contributed by atoms with van der Waals surface area (Å²) in [5.74, 6) is -0.813. The van der Waals surface area contributed by atoms with Crippen LogP contribution in [0.3, 0.4) is 0 Å². The largest absolute Gasteiger partial charge is 0.354 e. The molecule has 28 heavy (non-hydrogen) atoms. The Kier molecular flexibility index (Phi) is 7.73. The van der Waals surface area contributed by atoms with Crippen molar-refractivity contribution < 1.29 is 14.0 Å². The number of rotatable bonds is 8. The van der Waals surface area contributed by atoms with E-state index in [4.69, 9.17) is 0 Å². The number of aryl methyl sites for hydroxylation is 2. The normalized spacial score (nSPS) is 11.8. The van der Waals surface area contributed by atoms with E-state index < -0.39 is 6.04 Å². The molecule has 0 aliphatic rings. The van der Waals surface area contributed by atoms with E-state index in [1.807, 2.05) is 39.0 Å². The standard InChI is InChI=1S/C23H29FN2O2/c1-5-10-25-23(28)18(4)26(15-20-8-6-7-9-21(20)24)22(27)14-19-12-16(2)11-17(3)13-19/h6-9,11-13,18H,5,10,14-15H2,1-4H3,(H,25,28)/t18-/m1/s1. The minimum absolute atomic E-state index is 0.0526. The second kappa shape index (κ2) is 10.0. The predicted octanol–water partition coefficient (Wildman–Crippen LogP) is 3.93. The zero-order chi connectivity index (χ0) is 20.7. The Hall–Kier alpha value is -2.69. The van der Waals surface area contributed by atoms with Crippen LogP contribution >= 0.6 is 0 Å². The van der Waals surface area contributed by atoms with E-state index in [9.17, 15) is 14.0 Å². The summed E-state index contributed by atoms with van der Waals surface area (Å²) in [5, 5.41) is 2.82. The first-order valence-corrected chi connectivity index (χ1v) is 9.69. The molecule has 0 unspecified atom stereocenters. The second-order valence-corrected chi connectivity index (χ2v) is 7.25. The van der Waals surface area contributed by atoms with Crippen LogP contribution in [0, 0.1) is 19.7 Å². The van der Waals surface area contributed by atoms with Crippen molar-refractivity contribution in [3.8, 4) is 0 Å². The van der Waals surface area contributed by atoms with Crippen LogP contribution in [0.2, 0.25) is 0 Å². The number of carbonyl (C=O) groups is 2. The number of benzene rings is 2. The summed E-state index contributed by atoms with van der Waals surface area (Å²) in [6.45, 7) is 8.22. The Morgan fingerprint density at radius 1 is 1.11 bits per heavy atom. The van der Waals surface area contributed by atoms with Gasteiger partial charge in [-0.15, -0.1) is 0 Å². The highest BCUT2D eigenvalue weighted by Gasteiger charge is 2.26. The van der Waals surface area contributed by atoms with Crippen LogP contribution in [-0.2, 0) is 22.6 Å². The summed E-state index contributed by atoms with van der Waals surface area (Å²) in [6, 6.07) is 11.6. The molecule has 2 aromatic rings. The number of nitrogens with zero attached hydrogens (tertiary/aromatic N) is 1. The maximum Gasteiger partial charge on any atom is 0.242 e. The quantitative estimate of drug-likeness (QED) is 0.750. The Bertz CT molecular complexity index is 815. The molecule has 2 aromatic carbocycles. The third kappa shape index (κ3) is 5.91. The van der Waals surface area contributed by atoms with Gasteiger partial charge in [-0.3, -0.25) is 9.59 Å². The van der Waals surface area contributed by atoms with Gasteiger partial charge in [-0.2, -0.15) is 0 Å². The molecule has 2 rings (SSSR count). The molecule has 150 valence electrons. The summed E-state index contributed by atoms with van der Waals surface area (Å²) in [7, 11) is 0. The van der Waals surface area contributed by atoms with Crippen LogP contribution in [0.25, 0.3) is 0 Å². The maximum absolute atomic E-state index is 14.2. The molecule has 0 heterocycles. The summed E-state index contributed by atoms with van der Waals surface area (Å²) in [5.41, 5.74) is 3.45. The molecule has 0 aromatic heterocycles. The van der Waals surface area contributed by atoms with Crippen LogP contribution in [0.4, 0.5) is 4.39 Å². The van der Waals surface area contributed by atoms with Gasteiger partial charge in [0.15, 0.2) is 0 Å². The summed E-state index contributed by atoms with van der Waals surface area (Å²) >= 11 is 0. The predicted molar refractivity (Wildman–Crippen MR) is 109 cm³/mol. The number of halogens is 1. The summed E-state index contributed by atoms with van der Waals surface area (Å²) in [6.07, 6.45) is 0.977. The van der Waals surface area contributed by atoms with Crippen LogP contribution in [0.1, 0.15) is 42.5 Å². The topological polar surface area (TPSA) is 49.4 Å². The molecule has 0 fully saturated rings. The minimum Gasteiger partial charge on any atom is -0.354 e. The molecule has 2 amide bonds. The van der Waals surface area contributed by atoms with Crippen molar-refractivity contribution in [2.45, 2.75) is 53.1 Å². The van der Waals surface area contributed by atoms with Gasteiger partial charge in [0.05, 0.1) is 6.42 Å². The first-order chi connectivity index (χ1) is 13.3. The number of amides is 2. The van der Waals surface area contributed by atoms with Crippen molar-refractivity contribution in [2.24, 2.45) is 0 Å². The van der Waals surface area contributed by atoms with Gasteiger partial charge >= 0.3 is 0 Å². The van der Waals surface area contributed by atoms with Crippen molar-refractivity contribution >= 4 is 11.8 Å². The molecule has 0 spiro atoms. The smallest absolute Gasteiger partial charge is 0.242 e. The monoisotopic (exact) mass is 384 g/mol. The Balaban J connectivity index is 2.26. The lowest BCUT2D eigenvalue weighted by molar-refractivity contribution is -0.140. The highest BCUT2D eigenvalue weighted by atomic mass is 19.1. The number of carbonyl (C=O) groups excluding carboxylic acids is 2. The van der Waals surface area contributed by atoms with Gasteiger partial charge in [-0.05, 0) is 38.8 Å². The molecular weight excluding hydrogens is 355 g/mol. The Morgan fingerprint density at radius 2 is 1.75 bits per heavy atom. The molecule has 1 N–H and O–H groups in total. The fourth-order valence-corrected chi connectivity index (χ4v) is 3.24. The van der Waals surface area contributed by atoms with Crippen LogP contribution in [0.15, 0.2) is 42.5 Å². The molecule has 0 saturated carbocycles. The van der Waals surface area contributed by atoms with Crippen LogP contribution in [0.5, 0.6) is 0 Å². The first kappa shape index (κ1) is 21.6. The number of hydrogen-bond acceptors (Lipinski definition) is 2. The van der Waals surface area contributed by atoms with Gasteiger partial charge in [0.2, 0.25) is 11.8 Å². The molecule has 0 radical (unpaired) electrons. The number of nitrogens with one attached hydrogen (secondary N) is 1. The average molecular weight is 384 g/mol. The van der Waals surface area contributed by atoms with Gasteiger partial charge in [0, 0.05) is 18.7 Å². The summed E-state index contributed by atoms with van der Waals surface area (Å²) in [4.78, 5) is 27.0. The van der Waals surface area contributed by atoms with Gasteiger partial charge in [0.1, 0.15) is 11.9 Å². The zero-order valence-electron chi connectivity index (χ0n) is 17.1. The molecule has 0 saturated heterocycles. The Morgan fingerprint density at radius 3 is 2.36 bits per heavy atom. The summed E-state index contributed by atoms with van der Waals surface area (Å²) < 4.78 is 14.2. The Labute approximate surface area is 166 Å². The van der Waals surface area contributed by atoms with Crippen molar-refractivity contribution in [1.29, 1.82) is 0 Å². The van der Waals surface area contributed by atoms with E-state index in [1.54, 1.807) is 25.1 Å². The highest BCUT2D eigenvalue weighted by molar-refractivity contribution is 5.88. The second-order valence-electron chi connectivity index (χ2n) is 7.25. The number of hydrogen-bond donors (Lipinski definition) is 1. The maximum atomic E-state index is 14.2. The molecular formula is C23H29FN2O2. The van der Waals surface area contributed by atoms with Crippen molar-refractivity contribution in [2.75, 3.05) is 6.54 Å². The minimum atomic E-state index is -0.690. The van der Waals surface area contributed by atoms with E-state index in [-0.39, 0.29) is 30.6 Å². The van der Waals surface area contributed by atoms with E-state index in [2.05, 4.69) is 5.32 Å². The van der Waals surface area contributed by atoms with Crippen molar-refractivity contribution in [3.63, 3.8) is 0 Å². The van der Waals surface area contributed by atoms with Gasteiger partial charge in [-0.1, -0.05) is 54.4 Å². The van der Waals surface area contributed by atoms with Gasteiger partial charge in [-0.25, -0.2) is 4.39 Å². The molecule has 1 atom stereocenters. The van der Waals surface area contributed by atoms with Crippen molar-refractivity contribution in [3.05, 3.63) is 70.5 Å². The first-order valence-electron chi connectivity index (χ1n) is 9.69. The van der Waals surface area contributed by atoms with E-state index >= 15 is 0 Å². The average Bonchev–Trinajstić information content (AvgIpc) is 2.64. The zero-order valence-corrected chi connectivity index (χ0v) is 17.1. The van der Waals surface area contributed by atoms with E-state index in [0.29, 0.717) is 12.1 Å². The van der Waals surface area contributed by atoms with E-state index in [1.165, 1.54) is 11.0 Å². The molecule has 4 nitrogen and oxygen atoms in total. The van der Waals surface area contributed by atoms with Gasteiger partial charge in [0.25, 0.3) is 0 Å². The fourth-order valence-electron chi connectivity index (χ4n) is 3.24. The van der Waals surface area contributed by atoms with Crippen LogP contribution in [-0.4, -0.2) is 29.3 Å². The third-order valence-corrected chi connectivity index (χ3v) is 4.65. The molecule has 0 aliphatic heterocycles. The van der Waals surface area contributed by atoms with Crippen molar-refractivity contribution in [1.82, 2.24) is 10.2 Å². The fraction of sp³-hybridized carbons (Fsp3) is 0.391. The SMILES string of the molecule is CCCNC(=O)[C@@H](C)N(Cc1ccccc1F)C(=O)Cc1cc(C)cc(C)c1. The molecule has 5 heteroatoms.